The summed E-state index contributed by atoms with van der Waals surface area (Å²) in [5.41, 5.74) is 7.21. The summed E-state index contributed by atoms with van der Waals surface area (Å²) >= 11 is 0. The van der Waals surface area contributed by atoms with Gasteiger partial charge in [0.05, 0.1) is 31.7 Å². The Hall–Kier alpha value is -1.95. The minimum absolute atomic E-state index is 0.0514. The maximum absolute atomic E-state index is 12.3. The zero-order valence-electron chi connectivity index (χ0n) is 11.9. The molecular weight excluding hydrogens is 258 g/mol. The van der Waals surface area contributed by atoms with Gasteiger partial charge < -0.3 is 25.4 Å². The van der Waals surface area contributed by atoms with Crippen molar-refractivity contribution in [3.63, 3.8) is 0 Å². The Morgan fingerprint density at radius 3 is 2.80 bits per heavy atom. The first-order chi connectivity index (χ1) is 9.63. The Morgan fingerprint density at radius 2 is 2.15 bits per heavy atom. The van der Waals surface area contributed by atoms with Gasteiger partial charge >= 0.3 is 0 Å². The number of nitrogen functional groups attached to an aromatic ring is 1. The molecule has 6 heteroatoms. The van der Waals surface area contributed by atoms with Crippen molar-refractivity contribution in [1.82, 2.24) is 4.90 Å². The highest BCUT2D eigenvalue weighted by Crippen LogP contribution is 2.29. The lowest BCUT2D eigenvalue weighted by Crippen LogP contribution is -2.47. The van der Waals surface area contributed by atoms with Crippen molar-refractivity contribution in [3.8, 4) is 5.75 Å². The number of carbonyl (C=O) groups excluding carboxylic acids is 1. The van der Waals surface area contributed by atoms with E-state index in [0.29, 0.717) is 43.4 Å². The van der Waals surface area contributed by atoms with Crippen LogP contribution in [0.1, 0.15) is 6.92 Å². The first kappa shape index (κ1) is 14.5. The van der Waals surface area contributed by atoms with Gasteiger partial charge in [0.1, 0.15) is 11.8 Å². The molecule has 6 nitrogen and oxygen atoms in total. The van der Waals surface area contributed by atoms with E-state index in [1.54, 1.807) is 18.1 Å². The normalized spacial score (nSPS) is 16.6. The number of hydrogen-bond acceptors (Lipinski definition) is 5. The molecule has 0 spiro atoms. The van der Waals surface area contributed by atoms with Crippen molar-refractivity contribution in [1.29, 1.82) is 0 Å². The van der Waals surface area contributed by atoms with Crippen LogP contribution in [0, 0.1) is 0 Å². The Morgan fingerprint density at radius 1 is 1.45 bits per heavy atom. The van der Waals surface area contributed by atoms with Crippen LogP contribution >= 0.6 is 0 Å². The number of hydrogen-bond donors (Lipinski definition) is 2. The molecule has 0 radical (unpaired) electrons. The molecule has 1 aliphatic rings. The van der Waals surface area contributed by atoms with E-state index in [1.165, 1.54) is 0 Å². The van der Waals surface area contributed by atoms with Gasteiger partial charge in [-0.2, -0.15) is 0 Å². The molecule has 0 saturated carbocycles. The van der Waals surface area contributed by atoms with Gasteiger partial charge in [-0.25, -0.2) is 0 Å². The molecule has 110 valence electrons. The maximum Gasteiger partial charge on any atom is 0.244 e. The molecule has 0 bridgehead atoms. The number of nitrogens with zero attached hydrogens (tertiary/aromatic N) is 1. The number of morpholine rings is 1. The van der Waals surface area contributed by atoms with Gasteiger partial charge in [0, 0.05) is 13.1 Å². The molecule has 1 atom stereocenters. The molecule has 20 heavy (non-hydrogen) atoms. The number of para-hydroxylation sites is 1. The molecule has 1 amide bonds. The SMILES string of the molecule is COc1cccc(NC(C)C(=O)N2CCOCC2)c1N. The Balaban J connectivity index is 2.03. The quantitative estimate of drug-likeness (QED) is 0.802. The number of anilines is 2. The highest BCUT2D eigenvalue weighted by Gasteiger charge is 2.22. The summed E-state index contributed by atoms with van der Waals surface area (Å²) in [6.45, 7) is 4.30. The molecule has 0 aromatic heterocycles. The van der Waals surface area contributed by atoms with Crippen molar-refractivity contribution >= 4 is 17.3 Å². The monoisotopic (exact) mass is 279 g/mol. The van der Waals surface area contributed by atoms with E-state index in [-0.39, 0.29) is 11.9 Å². The van der Waals surface area contributed by atoms with Crippen LogP contribution in [0.2, 0.25) is 0 Å². The smallest absolute Gasteiger partial charge is 0.244 e. The second-order valence-corrected chi connectivity index (χ2v) is 4.73. The second kappa shape index (κ2) is 6.47. The summed E-state index contributed by atoms with van der Waals surface area (Å²) in [7, 11) is 1.57. The van der Waals surface area contributed by atoms with Crippen LogP contribution in [0.3, 0.4) is 0 Å². The van der Waals surface area contributed by atoms with Crippen molar-refractivity contribution < 1.29 is 14.3 Å². The number of ether oxygens (including phenoxy) is 2. The zero-order valence-corrected chi connectivity index (χ0v) is 11.9. The van der Waals surface area contributed by atoms with Gasteiger partial charge in [-0.1, -0.05) is 6.07 Å². The third-order valence-corrected chi connectivity index (χ3v) is 3.35. The highest BCUT2D eigenvalue weighted by atomic mass is 16.5. The van der Waals surface area contributed by atoms with Crippen molar-refractivity contribution in [2.75, 3.05) is 44.5 Å². The van der Waals surface area contributed by atoms with E-state index in [2.05, 4.69) is 5.32 Å². The summed E-state index contributed by atoms with van der Waals surface area (Å²) in [6.07, 6.45) is 0. The Kier molecular flexibility index (Phi) is 4.68. The van der Waals surface area contributed by atoms with E-state index >= 15 is 0 Å². The minimum atomic E-state index is -0.345. The van der Waals surface area contributed by atoms with E-state index in [0.717, 1.165) is 0 Å². The largest absolute Gasteiger partial charge is 0.495 e. The summed E-state index contributed by atoms with van der Waals surface area (Å²) in [4.78, 5) is 14.1. The van der Waals surface area contributed by atoms with Crippen molar-refractivity contribution in [3.05, 3.63) is 18.2 Å². The molecule has 2 rings (SSSR count). The fourth-order valence-electron chi connectivity index (χ4n) is 2.20. The summed E-state index contributed by atoms with van der Waals surface area (Å²) in [5, 5.41) is 3.14. The van der Waals surface area contributed by atoms with Crippen LogP contribution in [-0.2, 0) is 9.53 Å². The number of carbonyl (C=O) groups is 1. The first-order valence-electron chi connectivity index (χ1n) is 6.69. The number of benzene rings is 1. The van der Waals surface area contributed by atoms with Crippen LogP contribution in [-0.4, -0.2) is 50.3 Å². The number of nitrogens with two attached hydrogens (primary N) is 1. The van der Waals surface area contributed by atoms with Crippen LogP contribution in [0.4, 0.5) is 11.4 Å². The molecule has 1 heterocycles. The summed E-state index contributed by atoms with van der Waals surface area (Å²) in [5.74, 6) is 0.650. The molecule has 1 saturated heterocycles. The number of methoxy groups -OCH3 is 1. The van der Waals surface area contributed by atoms with Crippen LogP contribution in [0.25, 0.3) is 0 Å². The lowest BCUT2D eigenvalue weighted by atomic mass is 10.2. The molecule has 1 unspecified atom stereocenters. The van der Waals surface area contributed by atoms with Gasteiger partial charge in [-0.05, 0) is 19.1 Å². The standard InChI is InChI=1S/C14H21N3O3/c1-10(14(18)17-6-8-20-9-7-17)16-11-4-3-5-12(19-2)13(11)15/h3-5,10,16H,6-9,15H2,1-2H3. The fourth-order valence-corrected chi connectivity index (χ4v) is 2.20. The predicted octanol–water partition coefficient (Wildman–Crippen LogP) is 0.937. The number of rotatable bonds is 4. The van der Waals surface area contributed by atoms with Gasteiger partial charge in [-0.15, -0.1) is 0 Å². The molecular formula is C14H21N3O3. The van der Waals surface area contributed by atoms with Crippen LogP contribution in [0.5, 0.6) is 5.75 Å². The van der Waals surface area contributed by atoms with Crippen LogP contribution in [0.15, 0.2) is 18.2 Å². The predicted molar refractivity (Wildman–Crippen MR) is 77.9 cm³/mol. The molecule has 3 N–H and O–H groups in total. The third kappa shape index (κ3) is 3.14. The van der Waals surface area contributed by atoms with E-state index < -0.39 is 0 Å². The van der Waals surface area contributed by atoms with E-state index in [1.807, 2.05) is 19.1 Å². The number of nitrogens with one attached hydrogen (secondary N) is 1. The lowest BCUT2D eigenvalue weighted by molar-refractivity contribution is -0.135. The lowest BCUT2D eigenvalue weighted by Gasteiger charge is -2.30. The highest BCUT2D eigenvalue weighted by molar-refractivity contribution is 5.86. The minimum Gasteiger partial charge on any atom is -0.495 e. The van der Waals surface area contributed by atoms with Gasteiger partial charge in [-0.3, -0.25) is 4.79 Å². The van der Waals surface area contributed by atoms with Crippen molar-refractivity contribution in [2.45, 2.75) is 13.0 Å². The van der Waals surface area contributed by atoms with Crippen LogP contribution < -0.4 is 15.8 Å². The first-order valence-corrected chi connectivity index (χ1v) is 6.69. The Bertz CT molecular complexity index is 473. The topological polar surface area (TPSA) is 76.8 Å². The molecule has 1 aliphatic heterocycles. The van der Waals surface area contributed by atoms with Gasteiger partial charge in [0.15, 0.2) is 0 Å². The molecule has 1 fully saturated rings. The average Bonchev–Trinajstić information content (AvgIpc) is 2.49. The molecule has 1 aromatic rings. The van der Waals surface area contributed by atoms with Gasteiger partial charge in [0.25, 0.3) is 0 Å². The fraction of sp³-hybridized carbons (Fsp3) is 0.500. The van der Waals surface area contributed by atoms with Crippen molar-refractivity contribution in [2.24, 2.45) is 0 Å². The molecule has 0 aliphatic carbocycles. The third-order valence-electron chi connectivity index (χ3n) is 3.35. The summed E-state index contributed by atoms with van der Waals surface area (Å²) in [6, 6.07) is 5.11. The van der Waals surface area contributed by atoms with E-state index in [9.17, 15) is 4.79 Å². The number of amides is 1. The maximum atomic E-state index is 12.3. The second-order valence-electron chi connectivity index (χ2n) is 4.73. The zero-order chi connectivity index (χ0) is 14.5. The Labute approximate surface area is 118 Å². The average molecular weight is 279 g/mol. The van der Waals surface area contributed by atoms with E-state index in [4.69, 9.17) is 15.2 Å². The summed E-state index contributed by atoms with van der Waals surface area (Å²) < 4.78 is 10.4. The molecule has 1 aromatic carbocycles. The van der Waals surface area contributed by atoms with Gasteiger partial charge in [0.2, 0.25) is 5.91 Å².